The van der Waals surface area contributed by atoms with Crippen LogP contribution in [0.15, 0.2) is 53.5 Å². The Morgan fingerprint density at radius 1 is 1.35 bits per heavy atom. The number of nitrogens with zero attached hydrogens (tertiary/aromatic N) is 3. The first-order chi connectivity index (χ1) is 12.4. The second kappa shape index (κ2) is 7.84. The van der Waals surface area contributed by atoms with Crippen molar-refractivity contribution in [1.82, 2.24) is 14.8 Å². The Morgan fingerprint density at radius 2 is 2.15 bits per heavy atom. The van der Waals surface area contributed by atoms with Crippen LogP contribution in [0.1, 0.15) is 6.92 Å². The summed E-state index contributed by atoms with van der Waals surface area (Å²) in [5, 5.41) is 7.03. The van der Waals surface area contributed by atoms with E-state index in [1.165, 1.54) is 29.5 Å². The van der Waals surface area contributed by atoms with Crippen molar-refractivity contribution in [2.24, 2.45) is 0 Å². The number of hydrogen-bond donors (Lipinski definition) is 1. The fourth-order valence-electron chi connectivity index (χ4n) is 2.16. The van der Waals surface area contributed by atoms with Gasteiger partial charge in [-0.2, -0.15) is 5.10 Å². The van der Waals surface area contributed by atoms with Gasteiger partial charge in [-0.25, -0.2) is 14.1 Å². The predicted molar refractivity (Wildman–Crippen MR) is 99.2 cm³/mol. The number of nitrogens with one attached hydrogen (secondary N) is 1. The molecule has 1 atom stereocenters. The van der Waals surface area contributed by atoms with Gasteiger partial charge in [-0.15, -0.1) is 0 Å². The van der Waals surface area contributed by atoms with Crippen LogP contribution in [0, 0.1) is 5.82 Å². The number of rotatable bonds is 5. The van der Waals surface area contributed by atoms with Crippen molar-refractivity contribution in [3.63, 3.8) is 0 Å². The van der Waals surface area contributed by atoms with Crippen LogP contribution >= 0.6 is 27.5 Å². The van der Waals surface area contributed by atoms with Crippen LogP contribution in [-0.2, 0) is 4.79 Å². The van der Waals surface area contributed by atoms with Gasteiger partial charge in [0.25, 0.3) is 5.91 Å². The number of anilines is 1. The fraction of sp³-hybridized carbons (Fsp3) is 0.118. The number of aromatic nitrogens is 3. The number of benzene rings is 2. The van der Waals surface area contributed by atoms with Crippen molar-refractivity contribution >= 4 is 39.1 Å². The molecule has 1 unspecified atom stereocenters. The third kappa shape index (κ3) is 4.20. The van der Waals surface area contributed by atoms with Gasteiger partial charge in [-0.1, -0.05) is 11.6 Å². The molecule has 0 saturated carbocycles. The molecule has 2 aromatic carbocycles. The molecule has 134 valence electrons. The van der Waals surface area contributed by atoms with E-state index >= 15 is 0 Å². The maximum Gasteiger partial charge on any atom is 0.265 e. The second-order valence-electron chi connectivity index (χ2n) is 5.33. The van der Waals surface area contributed by atoms with Crippen LogP contribution in [0.2, 0.25) is 5.02 Å². The SMILES string of the molecule is CC(Oc1ccc(Cl)cc1Br)C(=O)Nc1ccc(-n2cncn2)c(F)c1. The van der Waals surface area contributed by atoms with Gasteiger partial charge in [0, 0.05) is 10.7 Å². The molecule has 26 heavy (non-hydrogen) atoms. The Balaban J connectivity index is 1.68. The molecule has 0 bridgehead atoms. The van der Waals surface area contributed by atoms with E-state index < -0.39 is 17.8 Å². The standard InChI is InChI=1S/C17H13BrClFN4O2/c1-10(26-16-5-2-11(19)6-13(16)18)17(25)23-12-3-4-15(14(20)7-12)24-9-21-8-22-24/h2-10H,1H3,(H,23,25). The maximum atomic E-state index is 14.2. The third-order valence-electron chi connectivity index (χ3n) is 3.45. The van der Waals surface area contributed by atoms with Gasteiger partial charge in [-0.3, -0.25) is 4.79 Å². The maximum absolute atomic E-state index is 14.2. The van der Waals surface area contributed by atoms with Crippen molar-refractivity contribution in [3.8, 4) is 11.4 Å². The predicted octanol–water partition coefficient (Wildman–Crippen LogP) is 4.23. The number of ether oxygens (including phenoxy) is 1. The van der Waals surface area contributed by atoms with E-state index in [0.29, 0.717) is 20.9 Å². The molecule has 0 fully saturated rings. The zero-order chi connectivity index (χ0) is 18.7. The summed E-state index contributed by atoms with van der Waals surface area (Å²) in [6.07, 6.45) is 1.89. The summed E-state index contributed by atoms with van der Waals surface area (Å²) in [5.41, 5.74) is 0.539. The van der Waals surface area contributed by atoms with E-state index in [1.807, 2.05) is 0 Å². The van der Waals surface area contributed by atoms with Gasteiger partial charge in [0.05, 0.1) is 4.47 Å². The van der Waals surface area contributed by atoms with Gasteiger partial charge >= 0.3 is 0 Å². The van der Waals surface area contributed by atoms with Crippen LogP contribution in [0.25, 0.3) is 5.69 Å². The lowest BCUT2D eigenvalue weighted by molar-refractivity contribution is -0.122. The van der Waals surface area contributed by atoms with Gasteiger partial charge < -0.3 is 10.1 Å². The molecule has 3 aromatic rings. The van der Waals surface area contributed by atoms with E-state index in [2.05, 4.69) is 31.3 Å². The number of amides is 1. The zero-order valence-electron chi connectivity index (χ0n) is 13.5. The molecule has 1 amide bonds. The molecule has 1 N–H and O–H groups in total. The lowest BCUT2D eigenvalue weighted by Crippen LogP contribution is -2.30. The average molecular weight is 440 g/mol. The normalized spacial score (nSPS) is 11.8. The minimum Gasteiger partial charge on any atom is -0.480 e. The lowest BCUT2D eigenvalue weighted by atomic mass is 10.2. The van der Waals surface area contributed by atoms with E-state index in [0.717, 1.165) is 0 Å². The van der Waals surface area contributed by atoms with Gasteiger partial charge in [-0.05, 0) is 59.3 Å². The molecule has 1 aromatic heterocycles. The summed E-state index contributed by atoms with van der Waals surface area (Å²) in [6, 6.07) is 9.26. The first kappa shape index (κ1) is 18.3. The van der Waals surface area contributed by atoms with Crippen molar-refractivity contribution in [2.45, 2.75) is 13.0 Å². The monoisotopic (exact) mass is 438 g/mol. The van der Waals surface area contributed by atoms with Crippen LogP contribution in [0.4, 0.5) is 10.1 Å². The first-order valence-corrected chi connectivity index (χ1v) is 8.68. The molecule has 6 nitrogen and oxygen atoms in total. The Hall–Kier alpha value is -2.45. The number of halogens is 3. The Labute approximate surface area is 162 Å². The summed E-state index contributed by atoms with van der Waals surface area (Å²) >= 11 is 9.20. The fourth-order valence-corrected chi connectivity index (χ4v) is 2.94. The quantitative estimate of drug-likeness (QED) is 0.646. The summed E-state index contributed by atoms with van der Waals surface area (Å²) < 4.78 is 21.8. The first-order valence-electron chi connectivity index (χ1n) is 7.51. The third-order valence-corrected chi connectivity index (χ3v) is 4.30. The molecular formula is C17H13BrClFN4O2. The van der Waals surface area contributed by atoms with Crippen molar-refractivity contribution in [2.75, 3.05) is 5.32 Å². The van der Waals surface area contributed by atoms with Crippen LogP contribution in [0.3, 0.4) is 0 Å². The molecule has 0 aliphatic rings. The van der Waals surface area contributed by atoms with Gasteiger partial charge in [0.1, 0.15) is 24.1 Å². The minimum atomic E-state index is -0.800. The molecule has 0 aliphatic heterocycles. The molecule has 9 heteroatoms. The van der Waals surface area contributed by atoms with E-state index in [9.17, 15) is 9.18 Å². The number of carbonyl (C=O) groups excluding carboxylic acids is 1. The largest absolute Gasteiger partial charge is 0.480 e. The van der Waals surface area contributed by atoms with E-state index in [1.54, 1.807) is 31.2 Å². The zero-order valence-corrected chi connectivity index (χ0v) is 15.8. The lowest BCUT2D eigenvalue weighted by Gasteiger charge is -2.16. The summed E-state index contributed by atoms with van der Waals surface area (Å²) in [5.74, 6) is -0.480. The Bertz CT molecular complexity index is 937. The van der Waals surface area contributed by atoms with E-state index in [4.69, 9.17) is 16.3 Å². The van der Waals surface area contributed by atoms with E-state index in [-0.39, 0.29) is 5.69 Å². The molecular weight excluding hydrogens is 427 g/mol. The minimum absolute atomic E-state index is 0.231. The summed E-state index contributed by atoms with van der Waals surface area (Å²) in [7, 11) is 0. The molecule has 0 saturated heterocycles. The number of carbonyl (C=O) groups is 1. The molecule has 0 aliphatic carbocycles. The molecule has 0 spiro atoms. The molecule has 1 heterocycles. The smallest absolute Gasteiger partial charge is 0.265 e. The van der Waals surface area contributed by atoms with Crippen LogP contribution in [0.5, 0.6) is 5.75 Å². The topological polar surface area (TPSA) is 69.0 Å². The second-order valence-corrected chi connectivity index (χ2v) is 6.62. The van der Waals surface area contributed by atoms with Crippen molar-refractivity contribution in [1.29, 1.82) is 0 Å². The highest BCUT2D eigenvalue weighted by molar-refractivity contribution is 9.10. The van der Waals surface area contributed by atoms with Crippen molar-refractivity contribution in [3.05, 3.63) is 64.4 Å². The summed E-state index contributed by atoms with van der Waals surface area (Å²) in [6.45, 7) is 1.59. The highest BCUT2D eigenvalue weighted by Crippen LogP contribution is 2.29. The van der Waals surface area contributed by atoms with Crippen molar-refractivity contribution < 1.29 is 13.9 Å². The molecule has 3 rings (SSSR count). The number of hydrogen-bond acceptors (Lipinski definition) is 4. The highest BCUT2D eigenvalue weighted by atomic mass is 79.9. The van der Waals surface area contributed by atoms with Crippen LogP contribution in [-0.4, -0.2) is 26.8 Å². The summed E-state index contributed by atoms with van der Waals surface area (Å²) in [4.78, 5) is 16.1. The highest BCUT2D eigenvalue weighted by Gasteiger charge is 2.17. The Morgan fingerprint density at radius 3 is 2.81 bits per heavy atom. The van der Waals surface area contributed by atoms with Crippen LogP contribution < -0.4 is 10.1 Å². The van der Waals surface area contributed by atoms with Gasteiger partial charge in [0.15, 0.2) is 11.9 Å². The van der Waals surface area contributed by atoms with Gasteiger partial charge in [0.2, 0.25) is 0 Å². The molecule has 0 radical (unpaired) electrons. The average Bonchev–Trinajstić information content (AvgIpc) is 3.11. The Kier molecular flexibility index (Phi) is 5.53.